The Morgan fingerprint density at radius 3 is 2.17 bits per heavy atom. The summed E-state index contributed by atoms with van der Waals surface area (Å²) in [6, 6.07) is 2.84. The number of halogens is 2. The SMILES string of the molecule is CC(=O)[C@@]1(O)[C@@](O)(C(C)=O)CO[C@@H](n2cnc3cc(Cl)c(Cl)cc32)[C@@]1(O)C(C)=O. The van der Waals surface area contributed by atoms with E-state index in [2.05, 4.69) is 4.98 Å². The normalized spacial score (nSPS) is 32.3. The van der Waals surface area contributed by atoms with Gasteiger partial charge in [0.2, 0.25) is 11.2 Å². The molecule has 29 heavy (non-hydrogen) atoms. The number of aromatic nitrogens is 2. The first-order valence-electron chi connectivity index (χ1n) is 8.45. The van der Waals surface area contributed by atoms with Crippen molar-refractivity contribution in [2.24, 2.45) is 0 Å². The van der Waals surface area contributed by atoms with Crippen molar-refractivity contribution in [3.05, 3.63) is 28.5 Å². The molecule has 0 spiro atoms. The lowest BCUT2D eigenvalue weighted by Gasteiger charge is -2.54. The largest absolute Gasteiger partial charge is 0.376 e. The fraction of sp³-hybridized carbons (Fsp3) is 0.444. The van der Waals surface area contributed by atoms with Gasteiger partial charge in [-0.25, -0.2) is 4.98 Å². The Balaban J connectivity index is 2.32. The number of imidazole rings is 1. The standard InChI is InChI=1S/C18H18Cl2N2O7/c1-8(23)16(26)6-29-15(17(27,9(2)24)18(16,28)10(3)25)22-7-21-13-4-11(19)12(20)5-14(13)22/h4-5,7,15,26-28H,6H2,1-3H3/t15-,16+,17+,18-/m1/s1. The third kappa shape index (κ3) is 2.69. The maximum Gasteiger partial charge on any atom is 0.207 e. The highest BCUT2D eigenvalue weighted by Gasteiger charge is 2.75. The highest BCUT2D eigenvalue weighted by molar-refractivity contribution is 6.42. The van der Waals surface area contributed by atoms with E-state index >= 15 is 0 Å². The van der Waals surface area contributed by atoms with Crippen molar-refractivity contribution in [3.63, 3.8) is 0 Å². The van der Waals surface area contributed by atoms with E-state index in [9.17, 15) is 29.7 Å². The van der Waals surface area contributed by atoms with Gasteiger partial charge in [-0.1, -0.05) is 23.2 Å². The molecule has 0 unspecified atom stereocenters. The summed E-state index contributed by atoms with van der Waals surface area (Å²) in [7, 11) is 0. The van der Waals surface area contributed by atoms with Crippen LogP contribution in [0.25, 0.3) is 11.0 Å². The molecule has 156 valence electrons. The molecule has 3 rings (SSSR count). The van der Waals surface area contributed by atoms with Gasteiger partial charge in [-0.15, -0.1) is 0 Å². The van der Waals surface area contributed by atoms with Crippen molar-refractivity contribution in [1.29, 1.82) is 0 Å². The number of ketones is 3. The molecule has 0 radical (unpaired) electrons. The van der Waals surface area contributed by atoms with Crippen LogP contribution in [0.4, 0.5) is 0 Å². The third-order valence-corrected chi connectivity index (χ3v) is 6.18. The molecule has 1 saturated heterocycles. The molecule has 1 aliphatic heterocycles. The average Bonchev–Trinajstić information content (AvgIpc) is 3.02. The Labute approximate surface area is 174 Å². The number of carbonyl (C=O) groups excluding carboxylic acids is 3. The van der Waals surface area contributed by atoms with E-state index in [0.29, 0.717) is 5.52 Å². The second kappa shape index (κ2) is 6.83. The zero-order chi connectivity index (χ0) is 21.9. The number of carbonyl (C=O) groups is 3. The van der Waals surface area contributed by atoms with Crippen LogP contribution in [0.1, 0.15) is 27.0 Å². The van der Waals surface area contributed by atoms with E-state index in [-0.39, 0.29) is 15.6 Å². The van der Waals surface area contributed by atoms with Crippen LogP contribution >= 0.6 is 23.2 Å². The second-order valence-corrected chi connectivity index (χ2v) is 7.89. The minimum Gasteiger partial charge on any atom is -0.376 e. The summed E-state index contributed by atoms with van der Waals surface area (Å²) in [4.78, 5) is 41.2. The Hall–Kier alpha value is -1.88. The first-order valence-corrected chi connectivity index (χ1v) is 9.21. The maximum atomic E-state index is 12.6. The molecule has 1 aromatic heterocycles. The van der Waals surface area contributed by atoms with Crippen LogP contribution in [0.2, 0.25) is 10.0 Å². The van der Waals surface area contributed by atoms with E-state index in [1.54, 1.807) is 0 Å². The van der Waals surface area contributed by atoms with Gasteiger partial charge in [0, 0.05) is 0 Å². The van der Waals surface area contributed by atoms with Gasteiger partial charge >= 0.3 is 0 Å². The monoisotopic (exact) mass is 444 g/mol. The summed E-state index contributed by atoms with van der Waals surface area (Å²) in [5.41, 5.74) is -8.48. The van der Waals surface area contributed by atoms with Crippen LogP contribution < -0.4 is 0 Å². The quantitative estimate of drug-likeness (QED) is 0.629. The summed E-state index contributed by atoms with van der Waals surface area (Å²) in [6.45, 7) is 1.80. The lowest BCUT2D eigenvalue weighted by molar-refractivity contribution is -0.310. The van der Waals surface area contributed by atoms with Gasteiger partial charge in [0.25, 0.3) is 0 Å². The Bertz CT molecular complexity index is 1050. The predicted molar refractivity (Wildman–Crippen MR) is 102 cm³/mol. The molecule has 1 fully saturated rings. The Morgan fingerprint density at radius 2 is 1.66 bits per heavy atom. The van der Waals surface area contributed by atoms with Gasteiger partial charge in [0.1, 0.15) is 0 Å². The molecule has 3 N–H and O–H groups in total. The van der Waals surface area contributed by atoms with Crippen LogP contribution in [0, 0.1) is 0 Å². The number of hydrogen-bond donors (Lipinski definition) is 3. The van der Waals surface area contributed by atoms with Crippen molar-refractivity contribution < 1.29 is 34.4 Å². The number of hydrogen-bond acceptors (Lipinski definition) is 8. The summed E-state index contributed by atoms with van der Waals surface area (Å²) in [5.74, 6) is -3.35. The van der Waals surface area contributed by atoms with Gasteiger partial charge in [-0.05, 0) is 32.9 Å². The molecule has 0 bridgehead atoms. The van der Waals surface area contributed by atoms with Crippen LogP contribution in [0.5, 0.6) is 0 Å². The van der Waals surface area contributed by atoms with E-state index in [1.165, 1.54) is 23.0 Å². The highest BCUT2D eigenvalue weighted by atomic mass is 35.5. The molecule has 11 heteroatoms. The molecule has 2 heterocycles. The van der Waals surface area contributed by atoms with Crippen molar-refractivity contribution in [2.45, 2.75) is 43.8 Å². The summed E-state index contributed by atoms with van der Waals surface area (Å²) >= 11 is 12.0. The van der Waals surface area contributed by atoms with Gasteiger partial charge in [-0.2, -0.15) is 0 Å². The fourth-order valence-corrected chi connectivity index (χ4v) is 4.07. The van der Waals surface area contributed by atoms with Crippen molar-refractivity contribution in [2.75, 3.05) is 6.61 Å². The lowest BCUT2D eigenvalue weighted by atomic mass is 9.63. The molecule has 0 saturated carbocycles. The van der Waals surface area contributed by atoms with Gasteiger partial charge in [0.15, 0.2) is 29.2 Å². The molecule has 1 aromatic carbocycles. The number of nitrogens with zero attached hydrogens (tertiary/aromatic N) is 2. The van der Waals surface area contributed by atoms with Crippen LogP contribution in [-0.2, 0) is 19.1 Å². The zero-order valence-electron chi connectivity index (χ0n) is 15.6. The second-order valence-electron chi connectivity index (χ2n) is 7.08. The molecule has 1 aliphatic rings. The fourth-order valence-electron chi connectivity index (χ4n) is 3.75. The topological polar surface area (TPSA) is 139 Å². The van der Waals surface area contributed by atoms with Crippen molar-refractivity contribution >= 4 is 51.6 Å². The van der Waals surface area contributed by atoms with Gasteiger partial charge < -0.3 is 24.6 Å². The molecule has 0 aliphatic carbocycles. The van der Waals surface area contributed by atoms with E-state index in [4.69, 9.17) is 27.9 Å². The Kier molecular flexibility index (Phi) is 5.14. The third-order valence-electron chi connectivity index (χ3n) is 5.46. The smallest absolute Gasteiger partial charge is 0.207 e. The minimum atomic E-state index is -3.19. The molecular formula is C18H18Cl2N2O7. The van der Waals surface area contributed by atoms with Crippen LogP contribution in [0.3, 0.4) is 0 Å². The zero-order valence-corrected chi connectivity index (χ0v) is 17.2. The highest BCUT2D eigenvalue weighted by Crippen LogP contribution is 2.48. The van der Waals surface area contributed by atoms with Crippen molar-refractivity contribution in [1.82, 2.24) is 9.55 Å². The first-order chi connectivity index (χ1) is 13.3. The maximum absolute atomic E-state index is 12.6. The van der Waals surface area contributed by atoms with Crippen LogP contribution in [-0.4, -0.2) is 65.6 Å². The number of ether oxygens (including phenoxy) is 1. The minimum absolute atomic E-state index is 0.144. The molecule has 2 aromatic rings. The number of rotatable bonds is 4. The molecule has 0 amide bonds. The molecule has 9 nitrogen and oxygen atoms in total. The molecular weight excluding hydrogens is 427 g/mol. The van der Waals surface area contributed by atoms with Crippen LogP contribution in [0.15, 0.2) is 18.5 Å². The Morgan fingerprint density at radius 1 is 1.07 bits per heavy atom. The number of Topliss-reactive ketones (excluding diaryl/α,β-unsaturated/α-hetero) is 3. The lowest BCUT2D eigenvalue weighted by Crippen LogP contribution is -2.82. The van der Waals surface area contributed by atoms with Crippen molar-refractivity contribution in [3.8, 4) is 0 Å². The van der Waals surface area contributed by atoms with Gasteiger partial charge in [0.05, 0.1) is 34.0 Å². The predicted octanol–water partition coefficient (Wildman–Crippen LogP) is 0.832. The van der Waals surface area contributed by atoms with E-state index < -0.39 is 47.0 Å². The van der Waals surface area contributed by atoms with Gasteiger partial charge in [-0.3, -0.25) is 14.4 Å². The average molecular weight is 445 g/mol. The number of fused-ring (bicyclic) bond motifs is 1. The summed E-state index contributed by atoms with van der Waals surface area (Å²) in [5, 5.41) is 33.8. The van der Waals surface area contributed by atoms with E-state index in [0.717, 1.165) is 20.8 Å². The summed E-state index contributed by atoms with van der Waals surface area (Å²) < 4.78 is 6.67. The first kappa shape index (κ1) is 21.8. The number of benzene rings is 1. The number of aliphatic hydroxyl groups is 3. The molecule has 4 atom stereocenters. The summed E-state index contributed by atoms with van der Waals surface area (Å²) in [6.07, 6.45) is -0.523. The van der Waals surface area contributed by atoms with E-state index in [1.807, 2.05) is 0 Å².